The van der Waals surface area contributed by atoms with Crippen LogP contribution in [0.1, 0.15) is 11.1 Å². The fourth-order valence-corrected chi connectivity index (χ4v) is 2.73. The number of H-pyrrole nitrogens is 1. The number of fused-ring (bicyclic) bond motifs is 1. The molecular formula is C17H12N6. The third kappa shape index (κ3) is 2.34. The highest BCUT2D eigenvalue weighted by molar-refractivity contribution is 5.89. The average Bonchev–Trinajstić information content (AvgIpc) is 3.24. The highest BCUT2D eigenvalue weighted by Gasteiger charge is 2.11. The van der Waals surface area contributed by atoms with Gasteiger partial charge in [0.15, 0.2) is 5.82 Å². The molecule has 6 nitrogen and oxygen atoms in total. The summed E-state index contributed by atoms with van der Waals surface area (Å²) in [5, 5.41) is 24.2. The Labute approximate surface area is 132 Å². The number of benzene rings is 2. The van der Waals surface area contributed by atoms with Crippen molar-refractivity contribution in [1.29, 1.82) is 5.26 Å². The lowest BCUT2D eigenvalue weighted by molar-refractivity contribution is 0.836. The molecule has 4 rings (SSSR count). The molecule has 2 heterocycles. The first-order chi connectivity index (χ1) is 11.3. The number of rotatable bonds is 3. The van der Waals surface area contributed by atoms with Crippen LogP contribution in [0.4, 0.5) is 0 Å². The molecule has 0 aliphatic carbocycles. The van der Waals surface area contributed by atoms with E-state index < -0.39 is 0 Å². The number of nitrogens with one attached hydrogen (secondary N) is 1. The zero-order valence-corrected chi connectivity index (χ0v) is 12.1. The Balaban J connectivity index is 1.83. The van der Waals surface area contributed by atoms with E-state index in [2.05, 4.69) is 43.4 Å². The first-order valence-electron chi connectivity index (χ1n) is 7.16. The third-order valence-electron chi connectivity index (χ3n) is 3.82. The van der Waals surface area contributed by atoms with Gasteiger partial charge in [0.25, 0.3) is 0 Å². The second kappa shape index (κ2) is 5.39. The van der Waals surface area contributed by atoms with E-state index in [-0.39, 0.29) is 0 Å². The average molecular weight is 300 g/mol. The van der Waals surface area contributed by atoms with Crippen molar-refractivity contribution < 1.29 is 0 Å². The molecule has 0 aliphatic heterocycles. The highest BCUT2D eigenvalue weighted by atomic mass is 15.5. The van der Waals surface area contributed by atoms with E-state index in [1.54, 1.807) is 0 Å². The summed E-state index contributed by atoms with van der Waals surface area (Å²) in [5.41, 5.74) is 3.71. The molecule has 0 unspecified atom stereocenters. The van der Waals surface area contributed by atoms with E-state index in [1.807, 2.05) is 42.6 Å². The maximum atomic E-state index is 9.43. The quantitative estimate of drug-likeness (QED) is 0.630. The molecule has 0 saturated carbocycles. The molecule has 110 valence electrons. The summed E-state index contributed by atoms with van der Waals surface area (Å²) in [4.78, 5) is 0. The minimum absolute atomic E-state index is 0.589. The van der Waals surface area contributed by atoms with Gasteiger partial charge in [0.05, 0.1) is 5.56 Å². The van der Waals surface area contributed by atoms with Crippen LogP contribution in [0.2, 0.25) is 0 Å². The van der Waals surface area contributed by atoms with Gasteiger partial charge in [-0.25, -0.2) is 5.10 Å². The molecule has 2 aromatic heterocycles. The van der Waals surface area contributed by atoms with E-state index in [1.165, 1.54) is 5.56 Å². The predicted octanol–water partition coefficient (Wildman–Crippen LogP) is 2.74. The van der Waals surface area contributed by atoms with Crippen molar-refractivity contribution in [1.82, 2.24) is 25.2 Å². The third-order valence-corrected chi connectivity index (χ3v) is 3.82. The monoisotopic (exact) mass is 300 g/mol. The lowest BCUT2D eigenvalue weighted by Crippen LogP contribution is -1.97. The molecule has 0 spiro atoms. The zero-order valence-electron chi connectivity index (χ0n) is 12.1. The number of aromatic amines is 1. The predicted molar refractivity (Wildman–Crippen MR) is 85.4 cm³/mol. The fourth-order valence-electron chi connectivity index (χ4n) is 2.73. The lowest BCUT2D eigenvalue weighted by atomic mass is 10.1. The lowest BCUT2D eigenvalue weighted by Gasteiger charge is -2.05. The van der Waals surface area contributed by atoms with Gasteiger partial charge in [-0.15, -0.1) is 5.10 Å². The van der Waals surface area contributed by atoms with Crippen LogP contribution in [0.25, 0.3) is 22.3 Å². The minimum Gasteiger partial charge on any atom is -0.342 e. The Bertz CT molecular complexity index is 993. The van der Waals surface area contributed by atoms with Crippen LogP contribution in [0.5, 0.6) is 0 Å². The van der Waals surface area contributed by atoms with E-state index in [0.717, 1.165) is 23.0 Å². The number of nitriles is 1. The van der Waals surface area contributed by atoms with Crippen LogP contribution in [-0.2, 0) is 6.54 Å². The van der Waals surface area contributed by atoms with Gasteiger partial charge >= 0.3 is 0 Å². The van der Waals surface area contributed by atoms with Gasteiger partial charge in [-0.1, -0.05) is 30.3 Å². The van der Waals surface area contributed by atoms with Gasteiger partial charge in [-0.05, 0) is 34.2 Å². The molecule has 6 heteroatoms. The van der Waals surface area contributed by atoms with Crippen LogP contribution < -0.4 is 0 Å². The fraction of sp³-hybridized carbons (Fsp3) is 0.0588. The second-order valence-electron chi connectivity index (χ2n) is 5.25. The summed E-state index contributed by atoms with van der Waals surface area (Å²) in [5.74, 6) is 0.589. The van der Waals surface area contributed by atoms with Crippen molar-refractivity contribution >= 4 is 10.9 Å². The number of hydrogen-bond donors (Lipinski definition) is 1. The molecule has 0 saturated heterocycles. The molecule has 0 fully saturated rings. The van der Waals surface area contributed by atoms with Gasteiger partial charge in [0.1, 0.15) is 6.07 Å². The Morgan fingerprint density at radius 2 is 2.00 bits per heavy atom. The molecule has 1 N–H and O–H groups in total. The summed E-state index contributed by atoms with van der Waals surface area (Å²) < 4.78 is 2.09. The van der Waals surface area contributed by atoms with E-state index in [4.69, 9.17) is 0 Å². The maximum absolute atomic E-state index is 9.43. The smallest absolute Gasteiger partial charge is 0.179 e. The standard InChI is InChI=1S/C17H12N6/c18-9-14-11-23(10-12-4-2-1-3-5-12)16-7-6-13(8-15(14)16)17-19-21-22-20-17/h1-8,11H,10H2,(H,19,20,21,22). The summed E-state index contributed by atoms with van der Waals surface area (Å²) in [6.45, 7) is 0.724. The van der Waals surface area contributed by atoms with Gasteiger partial charge in [0, 0.05) is 29.2 Å². The first-order valence-corrected chi connectivity index (χ1v) is 7.16. The number of hydrogen-bond acceptors (Lipinski definition) is 4. The van der Waals surface area contributed by atoms with Crippen LogP contribution in [0.15, 0.2) is 54.7 Å². The first kappa shape index (κ1) is 13.2. The van der Waals surface area contributed by atoms with Crippen LogP contribution in [0, 0.1) is 11.3 Å². The summed E-state index contributed by atoms with van der Waals surface area (Å²) in [7, 11) is 0. The van der Waals surface area contributed by atoms with Gasteiger partial charge in [-0.3, -0.25) is 0 Å². The molecule has 0 aliphatic rings. The minimum atomic E-state index is 0.589. The largest absolute Gasteiger partial charge is 0.342 e. The van der Waals surface area contributed by atoms with Crippen LogP contribution >= 0.6 is 0 Å². The van der Waals surface area contributed by atoms with Crippen molar-refractivity contribution in [3.63, 3.8) is 0 Å². The number of tetrazole rings is 1. The number of aromatic nitrogens is 5. The van der Waals surface area contributed by atoms with Gasteiger partial charge < -0.3 is 4.57 Å². The molecule has 0 bridgehead atoms. The van der Waals surface area contributed by atoms with Crippen LogP contribution in [0.3, 0.4) is 0 Å². The van der Waals surface area contributed by atoms with E-state index >= 15 is 0 Å². The summed E-state index contributed by atoms with van der Waals surface area (Å²) in [6.07, 6.45) is 1.89. The molecule has 23 heavy (non-hydrogen) atoms. The summed E-state index contributed by atoms with van der Waals surface area (Å²) >= 11 is 0. The second-order valence-corrected chi connectivity index (χ2v) is 5.25. The van der Waals surface area contributed by atoms with E-state index in [0.29, 0.717) is 11.4 Å². The van der Waals surface area contributed by atoms with Crippen molar-refractivity contribution in [2.45, 2.75) is 6.54 Å². The number of nitrogens with zero attached hydrogens (tertiary/aromatic N) is 5. The molecule has 0 atom stereocenters. The normalized spacial score (nSPS) is 10.7. The van der Waals surface area contributed by atoms with Crippen molar-refractivity contribution in [3.8, 4) is 17.5 Å². The Morgan fingerprint density at radius 3 is 2.74 bits per heavy atom. The molecule has 0 amide bonds. The van der Waals surface area contributed by atoms with Crippen molar-refractivity contribution in [2.75, 3.05) is 0 Å². The van der Waals surface area contributed by atoms with Crippen LogP contribution in [-0.4, -0.2) is 25.2 Å². The van der Waals surface area contributed by atoms with Gasteiger partial charge in [-0.2, -0.15) is 5.26 Å². The topological polar surface area (TPSA) is 83.2 Å². The summed E-state index contributed by atoms with van der Waals surface area (Å²) in [6, 6.07) is 18.3. The maximum Gasteiger partial charge on any atom is 0.179 e. The molecular weight excluding hydrogens is 288 g/mol. The SMILES string of the molecule is N#Cc1cn(Cc2ccccc2)c2ccc(-c3nnn[nH]3)cc12. The highest BCUT2D eigenvalue weighted by Crippen LogP contribution is 2.26. The zero-order chi connectivity index (χ0) is 15.6. The Morgan fingerprint density at radius 1 is 1.13 bits per heavy atom. The van der Waals surface area contributed by atoms with Crippen molar-refractivity contribution in [2.24, 2.45) is 0 Å². The van der Waals surface area contributed by atoms with E-state index in [9.17, 15) is 5.26 Å². The van der Waals surface area contributed by atoms with Crippen molar-refractivity contribution in [3.05, 3.63) is 65.9 Å². The molecule has 0 radical (unpaired) electrons. The molecule has 2 aromatic carbocycles. The Hall–Kier alpha value is -3.46. The molecule has 4 aromatic rings. The Kier molecular flexibility index (Phi) is 3.10. The van der Waals surface area contributed by atoms with Gasteiger partial charge in [0.2, 0.25) is 0 Å².